The average molecular weight is 251 g/mol. The number of rotatable bonds is 8. The first-order valence-corrected chi connectivity index (χ1v) is 6.65. The molecule has 0 amide bonds. The molecule has 0 aliphatic heterocycles. The van der Waals surface area contributed by atoms with Crippen molar-refractivity contribution in [2.45, 2.75) is 32.7 Å². The van der Waals surface area contributed by atoms with E-state index in [-0.39, 0.29) is 6.04 Å². The number of hydrogen-bond donors (Lipinski definition) is 1. The van der Waals surface area contributed by atoms with E-state index in [2.05, 4.69) is 19.9 Å². The van der Waals surface area contributed by atoms with Gasteiger partial charge in [-0.3, -0.25) is 0 Å². The van der Waals surface area contributed by atoms with Crippen LogP contribution >= 0.6 is 0 Å². The Bertz CT molecular complexity index is 341. The largest absolute Gasteiger partial charge is 0.493 e. The zero-order valence-electron chi connectivity index (χ0n) is 11.7. The van der Waals surface area contributed by atoms with Gasteiger partial charge in [-0.15, -0.1) is 0 Å². The summed E-state index contributed by atoms with van der Waals surface area (Å²) in [6.45, 7) is 5.73. The van der Waals surface area contributed by atoms with Crippen LogP contribution in [0.4, 0.5) is 0 Å². The Morgan fingerprint density at radius 3 is 2.67 bits per heavy atom. The fourth-order valence-electron chi connectivity index (χ4n) is 2.04. The molecule has 1 aromatic rings. The van der Waals surface area contributed by atoms with Gasteiger partial charge in [0.05, 0.1) is 6.61 Å². The molecule has 0 aliphatic rings. The van der Waals surface area contributed by atoms with E-state index in [1.54, 1.807) is 7.11 Å². The van der Waals surface area contributed by atoms with Crippen molar-refractivity contribution in [3.05, 3.63) is 29.8 Å². The lowest BCUT2D eigenvalue weighted by atomic mass is 9.96. The number of benzene rings is 1. The first kappa shape index (κ1) is 15.0. The molecule has 3 nitrogen and oxygen atoms in total. The van der Waals surface area contributed by atoms with E-state index >= 15 is 0 Å². The van der Waals surface area contributed by atoms with Gasteiger partial charge in [0.15, 0.2) is 0 Å². The minimum Gasteiger partial charge on any atom is -0.493 e. The van der Waals surface area contributed by atoms with E-state index in [0.29, 0.717) is 5.92 Å². The van der Waals surface area contributed by atoms with Crippen molar-refractivity contribution in [2.24, 2.45) is 11.7 Å². The summed E-state index contributed by atoms with van der Waals surface area (Å²) in [7, 11) is 1.72. The molecular formula is C15H25NO2. The quantitative estimate of drug-likeness (QED) is 0.772. The van der Waals surface area contributed by atoms with Crippen LogP contribution in [0.25, 0.3) is 0 Å². The summed E-state index contributed by atoms with van der Waals surface area (Å²) in [6, 6.07) is 8.04. The van der Waals surface area contributed by atoms with Crippen LogP contribution in [-0.4, -0.2) is 20.3 Å². The standard InChI is InChI=1S/C15H25NO2/c1-4-9-18-15-8-6-5-7-13(15)14(16)10-12(2)11-17-3/h5-8,12,14H,4,9-11,16H2,1-3H3. The average Bonchev–Trinajstić information content (AvgIpc) is 2.36. The molecule has 1 aromatic carbocycles. The molecular weight excluding hydrogens is 226 g/mol. The first-order valence-electron chi connectivity index (χ1n) is 6.65. The maximum atomic E-state index is 6.26. The monoisotopic (exact) mass is 251 g/mol. The van der Waals surface area contributed by atoms with Crippen LogP contribution in [0.1, 0.15) is 38.3 Å². The van der Waals surface area contributed by atoms with Gasteiger partial charge in [0.1, 0.15) is 5.75 Å². The zero-order chi connectivity index (χ0) is 13.4. The Labute approximate surface area is 110 Å². The summed E-state index contributed by atoms with van der Waals surface area (Å²) in [4.78, 5) is 0. The Morgan fingerprint density at radius 2 is 2.00 bits per heavy atom. The molecule has 0 saturated carbocycles. The Morgan fingerprint density at radius 1 is 1.28 bits per heavy atom. The maximum Gasteiger partial charge on any atom is 0.124 e. The molecule has 102 valence electrons. The highest BCUT2D eigenvalue weighted by molar-refractivity contribution is 5.35. The number of para-hydroxylation sites is 1. The molecule has 0 saturated heterocycles. The van der Waals surface area contributed by atoms with E-state index in [1.165, 1.54) is 0 Å². The predicted molar refractivity (Wildman–Crippen MR) is 74.8 cm³/mol. The summed E-state index contributed by atoms with van der Waals surface area (Å²) in [5.41, 5.74) is 7.35. The van der Waals surface area contributed by atoms with Crippen molar-refractivity contribution >= 4 is 0 Å². The molecule has 0 spiro atoms. The van der Waals surface area contributed by atoms with Gasteiger partial charge in [-0.05, 0) is 24.8 Å². The van der Waals surface area contributed by atoms with Crippen molar-refractivity contribution in [1.29, 1.82) is 0 Å². The van der Waals surface area contributed by atoms with Crippen molar-refractivity contribution in [1.82, 2.24) is 0 Å². The molecule has 0 aromatic heterocycles. The third kappa shape index (κ3) is 4.67. The van der Waals surface area contributed by atoms with Crippen LogP contribution in [0.5, 0.6) is 5.75 Å². The van der Waals surface area contributed by atoms with Crippen LogP contribution in [0.15, 0.2) is 24.3 Å². The van der Waals surface area contributed by atoms with Gasteiger partial charge >= 0.3 is 0 Å². The minimum absolute atomic E-state index is 0.00297. The summed E-state index contributed by atoms with van der Waals surface area (Å²) < 4.78 is 10.9. The lowest BCUT2D eigenvalue weighted by molar-refractivity contribution is 0.152. The molecule has 0 bridgehead atoms. The summed E-state index contributed by atoms with van der Waals surface area (Å²) in [5.74, 6) is 1.36. The summed E-state index contributed by atoms with van der Waals surface area (Å²) in [6.07, 6.45) is 1.91. The Balaban J connectivity index is 2.68. The molecule has 2 N–H and O–H groups in total. The first-order chi connectivity index (χ1) is 8.69. The topological polar surface area (TPSA) is 44.5 Å². The number of nitrogens with two attached hydrogens (primary N) is 1. The second kappa shape index (κ2) is 8.11. The lowest BCUT2D eigenvalue weighted by Gasteiger charge is -2.19. The third-order valence-corrected chi connectivity index (χ3v) is 2.89. The van der Waals surface area contributed by atoms with E-state index in [4.69, 9.17) is 15.2 Å². The van der Waals surface area contributed by atoms with Gasteiger partial charge in [-0.1, -0.05) is 32.0 Å². The molecule has 0 radical (unpaired) electrons. The normalized spacial score (nSPS) is 14.2. The van der Waals surface area contributed by atoms with E-state index in [1.807, 2.05) is 18.2 Å². The van der Waals surface area contributed by atoms with Crippen LogP contribution in [0.3, 0.4) is 0 Å². The Kier molecular flexibility index (Phi) is 6.76. The molecule has 0 heterocycles. The third-order valence-electron chi connectivity index (χ3n) is 2.89. The second-order valence-electron chi connectivity index (χ2n) is 4.79. The predicted octanol–water partition coefficient (Wildman–Crippen LogP) is 3.15. The maximum absolute atomic E-state index is 6.26. The zero-order valence-corrected chi connectivity index (χ0v) is 11.7. The summed E-state index contributed by atoms with van der Waals surface area (Å²) in [5, 5.41) is 0. The highest BCUT2D eigenvalue weighted by atomic mass is 16.5. The number of hydrogen-bond acceptors (Lipinski definition) is 3. The fraction of sp³-hybridized carbons (Fsp3) is 0.600. The van der Waals surface area contributed by atoms with Gasteiger partial charge in [-0.25, -0.2) is 0 Å². The minimum atomic E-state index is 0.00297. The number of ether oxygens (including phenoxy) is 2. The highest BCUT2D eigenvalue weighted by Gasteiger charge is 2.15. The number of methoxy groups -OCH3 is 1. The van der Waals surface area contributed by atoms with Gasteiger partial charge in [0, 0.05) is 25.3 Å². The molecule has 3 heteroatoms. The second-order valence-corrected chi connectivity index (χ2v) is 4.79. The molecule has 0 aliphatic carbocycles. The van der Waals surface area contributed by atoms with Crippen molar-refractivity contribution in [3.8, 4) is 5.75 Å². The van der Waals surface area contributed by atoms with Crippen LogP contribution < -0.4 is 10.5 Å². The van der Waals surface area contributed by atoms with Crippen molar-refractivity contribution in [2.75, 3.05) is 20.3 Å². The van der Waals surface area contributed by atoms with Crippen LogP contribution in [0, 0.1) is 5.92 Å². The molecule has 0 fully saturated rings. The molecule has 2 unspecified atom stereocenters. The van der Waals surface area contributed by atoms with Crippen LogP contribution in [-0.2, 0) is 4.74 Å². The van der Waals surface area contributed by atoms with Crippen molar-refractivity contribution < 1.29 is 9.47 Å². The van der Waals surface area contributed by atoms with E-state index < -0.39 is 0 Å². The highest BCUT2D eigenvalue weighted by Crippen LogP contribution is 2.27. The van der Waals surface area contributed by atoms with Crippen molar-refractivity contribution in [3.63, 3.8) is 0 Å². The van der Waals surface area contributed by atoms with Crippen LogP contribution in [0.2, 0.25) is 0 Å². The summed E-state index contributed by atoms with van der Waals surface area (Å²) >= 11 is 0. The van der Waals surface area contributed by atoms with Gasteiger partial charge in [-0.2, -0.15) is 0 Å². The molecule has 1 rings (SSSR count). The lowest BCUT2D eigenvalue weighted by Crippen LogP contribution is -2.17. The molecule has 2 atom stereocenters. The van der Waals surface area contributed by atoms with Gasteiger partial charge < -0.3 is 15.2 Å². The smallest absolute Gasteiger partial charge is 0.124 e. The van der Waals surface area contributed by atoms with E-state index in [0.717, 1.165) is 37.4 Å². The fourth-order valence-corrected chi connectivity index (χ4v) is 2.04. The van der Waals surface area contributed by atoms with E-state index in [9.17, 15) is 0 Å². The Hall–Kier alpha value is -1.06. The van der Waals surface area contributed by atoms with Gasteiger partial charge in [0.25, 0.3) is 0 Å². The molecule has 18 heavy (non-hydrogen) atoms. The SMILES string of the molecule is CCCOc1ccccc1C(N)CC(C)COC. The van der Waals surface area contributed by atoms with Gasteiger partial charge in [0.2, 0.25) is 0 Å².